The van der Waals surface area contributed by atoms with Gasteiger partial charge in [0, 0.05) is 24.2 Å². The lowest BCUT2D eigenvalue weighted by atomic mass is 10.1. The number of carbonyl (C=O) groups excluding carboxylic acids is 1. The molecule has 0 saturated heterocycles. The van der Waals surface area contributed by atoms with Crippen molar-refractivity contribution < 1.29 is 17.9 Å². The minimum Gasteiger partial charge on any atom is -0.497 e. The van der Waals surface area contributed by atoms with Gasteiger partial charge in [-0.25, -0.2) is 0 Å². The van der Waals surface area contributed by atoms with Crippen LogP contribution in [0.15, 0.2) is 51.8 Å². The molecule has 0 aromatic heterocycles. The first-order chi connectivity index (χ1) is 14.4. The monoisotopic (exact) mass is 429 g/mol. The van der Waals surface area contributed by atoms with Crippen molar-refractivity contribution in [1.82, 2.24) is 0 Å². The lowest BCUT2D eigenvalue weighted by Gasteiger charge is -2.31. The first kappa shape index (κ1) is 21.8. The Bertz CT molecular complexity index is 1050. The molecule has 1 N–H and O–H groups in total. The zero-order chi connectivity index (χ0) is 21.7. The highest BCUT2D eigenvalue weighted by Crippen LogP contribution is 2.35. The van der Waals surface area contributed by atoms with Gasteiger partial charge in [0.25, 0.3) is 15.9 Å². The Morgan fingerprint density at radius 2 is 1.83 bits per heavy atom. The van der Waals surface area contributed by atoms with Crippen molar-refractivity contribution in [2.75, 3.05) is 23.9 Å². The number of nitrogens with zero attached hydrogens (tertiary/aromatic N) is 2. The van der Waals surface area contributed by atoms with Crippen LogP contribution in [0.25, 0.3) is 0 Å². The molecule has 0 saturated carbocycles. The molecule has 1 aliphatic heterocycles. The number of amides is 1. The van der Waals surface area contributed by atoms with Crippen LogP contribution in [0.5, 0.6) is 5.75 Å². The number of sulfonamides is 1. The molecule has 1 aliphatic rings. The molecule has 2 aromatic carbocycles. The second-order valence-corrected chi connectivity index (χ2v) is 8.68. The standard InChI is InChI=1S/C22H27N3O4S/c1-4-6-14-25-19-13-10-17(15-20(19)30(27,28)24-21(25)7-5-2)23-22(26)16-8-11-18(29-3)12-9-16/h8-13,15H,4-7,14H2,1-3H3,(H,23,26). The lowest BCUT2D eigenvalue weighted by Crippen LogP contribution is -2.36. The van der Waals surface area contributed by atoms with Gasteiger partial charge in [0.15, 0.2) is 0 Å². The molecule has 0 aliphatic carbocycles. The molecule has 0 spiro atoms. The number of anilines is 2. The van der Waals surface area contributed by atoms with E-state index in [1.807, 2.05) is 11.8 Å². The molecule has 1 amide bonds. The first-order valence-corrected chi connectivity index (χ1v) is 11.5. The maximum atomic E-state index is 12.8. The van der Waals surface area contributed by atoms with E-state index in [0.717, 1.165) is 19.3 Å². The number of nitrogens with one attached hydrogen (secondary N) is 1. The molecule has 8 heteroatoms. The summed E-state index contributed by atoms with van der Waals surface area (Å²) in [6.07, 6.45) is 3.33. The van der Waals surface area contributed by atoms with Gasteiger partial charge in [0.1, 0.15) is 16.5 Å². The first-order valence-electron chi connectivity index (χ1n) is 10.1. The fourth-order valence-electron chi connectivity index (χ4n) is 3.31. The average molecular weight is 430 g/mol. The summed E-state index contributed by atoms with van der Waals surface area (Å²) in [6, 6.07) is 11.6. The Kier molecular flexibility index (Phi) is 6.77. The van der Waals surface area contributed by atoms with E-state index in [0.29, 0.717) is 41.5 Å². The quantitative estimate of drug-likeness (QED) is 0.670. The van der Waals surface area contributed by atoms with Crippen LogP contribution in [-0.2, 0) is 10.0 Å². The molecule has 0 radical (unpaired) electrons. The van der Waals surface area contributed by atoms with Crippen molar-refractivity contribution >= 4 is 33.1 Å². The van der Waals surface area contributed by atoms with Crippen molar-refractivity contribution in [3.05, 3.63) is 48.0 Å². The molecule has 0 fully saturated rings. The number of benzene rings is 2. The van der Waals surface area contributed by atoms with E-state index in [2.05, 4.69) is 16.6 Å². The molecule has 2 aromatic rings. The number of hydrogen-bond acceptors (Lipinski definition) is 5. The van der Waals surface area contributed by atoms with Crippen LogP contribution in [-0.4, -0.2) is 33.8 Å². The van der Waals surface area contributed by atoms with Gasteiger partial charge in [-0.3, -0.25) is 4.79 Å². The summed E-state index contributed by atoms with van der Waals surface area (Å²) in [5.41, 5.74) is 1.47. The van der Waals surface area contributed by atoms with Gasteiger partial charge in [-0.1, -0.05) is 20.3 Å². The van der Waals surface area contributed by atoms with Crippen LogP contribution in [0.2, 0.25) is 0 Å². The number of carbonyl (C=O) groups is 1. The number of amidine groups is 1. The number of ether oxygens (including phenoxy) is 1. The summed E-state index contributed by atoms with van der Waals surface area (Å²) < 4.78 is 34.8. The second kappa shape index (κ2) is 9.30. The lowest BCUT2D eigenvalue weighted by molar-refractivity contribution is 0.102. The van der Waals surface area contributed by atoms with Crippen LogP contribution in [0.3, 0.4) is 0 Å². The summed E-state index contributed by atoms with van der Waals surface area (Å²) in [5.74, 6) is 0.900. The van der Waals surface area contributed by atoms with Crippen molar-refractivity contribution in [2.24, 2.45) is 4.40 Å². The van der Waals surface area contributed by atoms with E-state index in [-0.39, 0.29) is 10.8 Å². The third-order valence-electron chi connectivity index (χ3n) is 4.88. The highest BCUT2D eigenvalue weighted by atomic mass is 32.2. The van der Waals surface area contributed by atoms with Crippen molar-refractivity contribution in [1.29, 1.82) is 0 Å². The Balaban J connectivity index is 1.91. The maximum Gasteiger partial charge on any atom is 0.286 e. The zero-order valence-electron chi connectivity index (χ0n) is 17.5. The molecule has 30 heavy (non-hydrogen) atoms. The van der Waals surface area contributed by atoms with Gasteiger partial charge < -0.3 is 15.0 Å². The fourth-order valence-corrected chi connectivity index (χ4v) is 4.60. The van der Waals surface area contributed by atoms with Crippen LogP contribution < -0.4 is 15.0 Å². The fraction of sp³-hybridized carbons (Fsp3) is 0.364. The molecular formula is C22H27N3O4S. The molecule has 0 bridgehead atoms. The Morgan fingerprint density at radius 3 is 2.47 bits per heavy atom. The van der Waals surface area contributed by atoms with Gasteiger partial charge in [-0.2, -0.15) is 8.42 Å². The summed E-state index contributed by atoms with van der Waals surface area (Å²) >= 11 is 0. The van der Waals surface area contributed by atoms with Crippen molar-refractivity contribution in [3.63, 3.8) is 0 Å². The second-order valence-electron chi connectivity index (χ2n) is 7.10. The van der Waals surface area contributed by atoms with E-state index < -0.39 is 10.0 Å². The molecule has 0 atom stereocenters. The highest BCUT2D eigenvalue weighted by Gasteiger charge is 2.30. The molecule has 7 nitrogen and oxygen atoms in total. The number of fused-ring (bicyclic) bond motifs is 1. The number of rotatable bonds is 8. The van der Waals surface area contributed by atoms with Gasteiger partial charge in [-0.05, 0) is 55.3 Å². The predicted molar refractivity (Wildman–Crippen MR) is 119 cm³/mol. The largest absolute Gasteiger partial charge is 0.497 e. The summed E-state index contributed by atoms with van der Waals surface area (Å²) in [5, 5.41) is 2.77. The van der Waals surface area contributed by atoms with Crippen LogP contribution in [0, 0.1) is 0 Å². The SMILES string of the molecule is CCCCN1C(CCC)=NS(=O)(=O)c2cc(NC(=O)c3ccc(OC)cc3)ccc21. The van der Waals surface area contributed by atoms with E-state index in [4.69, 9.17) is 4.74 Å². The molecule has 3 rings (SSSR count). The van der Waals surface area contributed by atoms with Crippen LogP contribution in [0.4, 0.5) is 11.4 Å². The average Bonchev–Trinajstić information content (AvgIpc) is 2.74. The smallest absolute Gasteiger partial charge is 0.286 e. The molecule has 0 unspecified atom stereocenters. The number of unbranched alkanes of at least 4 members (excludes halogenated alkanes) is 1. The summed E-state index contributed by atoms with van der Waals surface area (Å²) in [4.78, 5) is 14.6. The summed E-state index contributed by atoms with van der Waals surface area (Å²) in [6.45, 7) is 4.80. The Morgan fingerprint density at radius 1 is 1.10 bits per heavy atom. The number of methoxy groups -OCH3 is 1. The van der Waals surface area contributed by atoms with E-state index in [1.54, 1.807) is 43.5 Å². The van der Waals surface area contributed by atoms with E-state index in [9.17, 15) is 13.2 Å². The molecule has 160 valence electrons. The van der Waals surface area contributed by atoms with Crippen molar-refractivity contribution in [3.8, 4) is 5.75 Å². The minimum atomic E-state index is -3.82. The Hall–Kier alpha value is -2.87. The zero-order valence-corrected chi connectivity index (χ0v) is 18.3. The Labute approximate surface area is 177 Å². The third kappa shape index (κ3) is 4.64. The molecular weight excluding hydrogens is 402 g/mol. The van der Waals surface area contributed by atoms with Gasteiger partial charge in [-0.15, -0.1) is 4.40 Å². The highest BCUT2D eigenvalue weighted by molar-refractivity contribution is 7.90. The van der Waals surface area contributed by atoms with Gasteiger partial charge in [0.2, 0.25) is 0 Å². The van der Waals surface area contributed by atoms with Crippen LogP contribution >= 0.6 is 0 Å². The predicted octanol–water partition coefficient (Wildman–Crippen LogP) is 4.45. The van der Waals surface area contributed by atoms with E-state index >= 15 is 0 Å². The molecule has 1 heterocycles. The van der Waals surface area contributed by atoms with E-state index in [1.165, 1.54) is 6.07 Å². The minimum absolute atomic E-state index is 0.117. The topological polar surface area (TPSA) is 88.1 Å². The van der Waals surface area contributed by atoms with Crippen molar-refractivity contribution in [2.45, 2.75) is 44.4 Å². The van der Waals surface area contributed by atoms with Crippen LogP contribution in [0.1, 0.15) is 49.9 Å². The normalized spacial score (nSPS) is 14.6. The maximum absolute atomic E-state index is 12.8. The van der Waals surface area contributed by atoms with Gasteiger partial charge >= 0.3 is 0 Å². The van der Waals surface area contributed by atoms with Gasteiger partial charge in [0.05, 0.1) is 12.8 Å². The number of hydrogen-bond donors (Lipinski definition) is 1. The third-order valence-corrected chi connectivity index (χ3v) is 6.22. The summed E-state index contributed by atoms with van der Waals surface area (Å²) in [7, 11) is -2.27.